The Hall–Kier alpha value is -1.65. The van der Waals surface area contributed by atoms with Crippen molar-refractivity contribution < 1.29 is 0 Å². The van der Waals surface area contributed by atoms with Gasteiger partial charge in [-0.25, -0.2) is 4.98 Å². The molecule has 2 aromatic heterocycles. The monoisotopic (exact) mass is 303 g/mol. The third kappa shape index (κ3) is 2.15. The predicted molar refractivity (Wildman–Crippen MR) is 84.9 cm³/mol. The van der Waals surface area contributed by atoms with Gasteiger partial charge in [-0.15, -0.1) is 0 Å². The fraction of sp³-hybridized carbons (Fsp3) is 0.200. The fourth-order valence-corrected chi connectivity index (χ4v) is 3.05. The summed E-state index contributed by atoms with van der Waals surface area (Å²) in [6.45, 7) is 4.23. The number of aryl methyl sites for hydroxylation is 1. The van der Waals surface area contributed by atoms with Gasteiger partial charge in [-0.2, -0.15) is 0 Å². The molecule has 5 heteroatoms. The number of H-pyrrole nitrogens is 1. The van der Waals surface area contributed by atoms with Gasteiger partial charge in [0.1, 0.15) is 0 Å². The summed E-state index contributed by atoms with van der Waals surface area (Å²) in [4.78, 5) is 7.58. The van der Waals surface area contributed by atoms with Gasteiger partial charge in [-0.3, -0.25) is 4.57 Å². The van der Waals surface area contributed by atoms with Gasteiger partial charge in [0.25, 0.3) is 0 Å². The minimum absolute atomic E-state index is 0.117. The van der Waals surface area contributed by atoms with Gasteiger partial charge in [0.05, 0.1) is 16.6 Å². The van der Waals surface area contributed by atoms with Crippen LogP contribution in [0.3, 0.4) is 0 Å². The van der Waals surface area contributed by atoms with E-state index in [9.17, 15) is 0 Å². The highest BCUT2D eigenvalue weighted by atomic mass is 35.5. The van der Waals surface area contributed by atoms with Crippen molar-refractivity contribution in [2.45, 2.75) is 19.9 Å². The van der Waals surface area contributed by atoms with Crippen LogP contribution in [-0.2, 0) is 0 Å². The zero-order chi connectivity index (χ0) is 14.3. The van der Waals surface area contributed by atoms with Crippen LogP contribution in [0, 0.1) is 11.7 Å². The van der Waals surface area contributed by atoms with E-state index in [-0.39, 0.29) is 6.04 Å². The smallest absolute Gasteiger partial charge is 0.179 e. The zero-order valence-corrected chi connectivity index (χ0v) is 12.8. The summed E-state index contributed by atoms with van der Waals surface area (Å²) in [5.74, 6) is 0. The molecule has 1 unspecified atom stereocenters. The largest absolute Gasteiger partial charge is 0.329 e. The average molecular weight is 304 g/mol. The molecule has 3 aromatic rings. The normalized spacial score (nSPS) is 12.8. The molecule has 0 aliphatic rings. The van der Waals surface area contributed by atoms with E-state index in [0.29, 0.717) is 9.79 Å². The summed E-state index contributed by atoms with van der Waals surface area (Å²) in [6.07, 6.45) is 1.65. The highest BCUT2D eigenvalue weighted by Gasteiger charge is 2.15. The first-order valence-corrected chi connectivity index (χ1v) is 7.18. The number of aromatic nitrogens is 3. The lowest BCUT2D eigenvalue weighted by molar-refractivity contribution is 0.640. The third-order valence-electron chi connectivity index (χ3n) is 3.55. The third-order valence-corrected chi connectivity index (χ3v) is 4.05. The van der Waals surface area contributed by atoms with Crippen molar-refractivity contribution in [3.05, 3.63) is 57.4 Å². The molecule has 0 aliphatic carbocycles. The van der Waals surface area contributed by atoms with E-state index in [4.69, 9.17) is 23.8 Å². The summed E-state index contributed by atoms with van der Waals surface area (Å²) >= 11 is 11.4. The van der Waals surface area contributed by atoms with Gasteiger partial charge < -0.3 is 4.98 Å². The molecule has 1 aromatic carbocycles. The Morgan fingerprint density at radius 2 is 2.10 bits per heavy atom. The van der Waals surface area contributed by atoms with Crippen LogP contribution < -0.4 is 0 Å². The molecule has 3 rings (SSSR count). The van der Waals surface area contributed by atoms with Crippen molar-refractivity contribution in [2.24, 2.45) is 0 Å². The number of nitrogens with zero attached hydrogens (tertiary/aromatic N) is 2. The van der Waals surface area contributed by atoms with Crippen molar-refractivity contribution in [2.75, 3.05) is 0 Å². The summed E-state index contributed by atoms with van der Waals surface area (Å²) in [5, 5.41) is 0.601. The Bertz CT molecular complexity index is 834. The summed E-state index contributed by atoms with van der Waals surface area (Å²) in [5.41, 5.74) is 4.17. The van der Waals surface area contributed by atoms with E-state index < -0.39 is 0 Å². The van der Waals surface area contributed by atoms with Crippen LogP contribution >= 0.6 is 23.8 Å². The van der Waals surface area contributed by atoms with Crippen LogP contribution in [0.15, 0.2) is 36.5 Å². The first-order valence-electron chi connectivity index (χ1n) is 6.39. The van der Waals surface area contributed by atoms with Crippen molar-refractivity contribution in [3.8, 4) is 0 Å². The van der Waals surface area contributed by atoms with E-state index in [1.54, 1.807) is 6.20 Å². The van der Waals surface area contributed by atoms with Crippen LogP contribution in [0.25, 0.3) is 11.2 Å². The minimum Gasteiger partial charge on any atom is -0.329 e. The van der Waals surface area contributed by atoms with E-state index in [2.05, 4.69) is 35.9 Å². The fourth-order valence-electron chi connectivity index (χ4n) is 2.54. The first-order chi connectivity index (χ1) is 9.58. The quantitative estimate of drug-likeness (QED) is 0.698. The molecule has 1 atom stereocenters. The first kappa shape index (κ1) is 13.3. The lowest BCUT2D eigenvalue weighted by Gasteiger charge is -2.16. The molecule has 0 saturated heterocycles. The summed E-state index contributed by atoms with van der Waals surface area (Å²) in [6, 6.07) is 10.3. The van der Waals surface area contributed by atoms with Gasteiger partial charge in [0.2, 0.25) is 0 Å². The maximum Gasteiger partial charge on any atom is 0.179 e. The van der Waals surface area contributed by atoms with Crippen LogP contribution in [-0.4, -0.2) is 14.5 Å². The Balaban J connectivity index is 2.22. The van der Waals surface area contributed by atoms with Crippen LogP contribution in [0.1, 0.15) is 24.1 Å². The van der Waals surface area contributed by atoms with Crippen molar-refractivity contribution >= 4 is 35.0 Å². The van der Waals surface area contributed by atoms with E-state index >= 15 is 0 Å². The number of hydrogen-bond donors (Lipinski definition) is 1. The SMILES string of the molecule is Cc1ccccc1C(C)n1c(=S)[nH]c2cc(Cl)cnc21. The number of imidazole rings is 1. The molecule has 20 heavy (non-hydrogen) atoms. The molecule has 0 aliphatic heterocycles. The molecule has 0 radical (unpaired) electrons. The van der Waals surface area contributed by atoms with E-state index in [1.165, 1.54) is 11.1 Å². The van der Waals surface area contributed by atoms with Crippen molar-refractivity contribution in [1.82, 2.24) is 14.5 Å². The van der Waals surface area contributed by atoms with Gasteiger partial charge in [-0.1, -0.05) is 35.9 Å². The van der Waals surface area contributed by atoms with Crippen LogP contribution in [0.4, 0.5) is 0 Å². The van der Waals surface area contributed by atoms with E-state index in [1.807, 2.05) is 22.8 Å². The van der Waals surface area contributed by atoms with Gasteiger partial charge in [0.15, 0.2) is 10.4 Å². The molecular weight excluding hydrogens is 290 g/mol. The Kier molecular flexibility index (Phi) is 3.36. The lowest BCUT2D eigenvalue weighted by atomic mass is 10.0. The van der Waals surface area contributed by atoms with Gasteiger partial charge in [-0.05, 0) is 43.3 Å². The molecule has 0 bridgehead atoms. The second-order valence-electron chi connectivity index (χ2n) is 4.86. The molecule has 0 spiro atoms. The Morgan fingerprint density at radius 3 is 2.85 bits per heavy atom. The van der Waals surface area contributed by atoms with Crippen LogP contribution in [0.2, 0.25) is 5.02 Å². The van der Waals surface area contributed by atoms with Crippen molar-refractivity contribution in [1.29, 1.82) is 0 Å². The standard InChI is InChI=1S/C15H14ClN3S/c1-9-5-3-4-6-12(9)10(2)19-14-13(18-15(19)20)7-11(16)8-17-14/h3-8,10H,1-2H3,(H,18,20). The highest BCUT2D eigenvalue weighted by Crippen LogP contribution is 2.26. The summed E-state index contributed by atoms with van der Waals surface area (Å²) in [7, 11) is 0. The van der Waals surface area contributed by atoms with Gasteiger partial charge >= 0.3 is 0 Å². The topological polar surface area (TPSA) is 33.6 Å². The molecule has 1 N–H and O–H groups in total. The number of halogens is 1. The number of hydrogen-bond acceptors (Lipinski definition) is 2. The molecule has 2 heterocycles. The number of nitrogens with one attached hydrogen (secondary N) is 1. The average Bonchev–Trinajstić information content (AvgIpc) is 2.73. The molecule has 0 amide bonds. The summed E-state index contributed by atoms with van der Waals surface area (Å²) < 4.78 is 2.69. The second-order valence-corrected chi connectivity index (χ2v) is 5.68. The molecule has 3 nitrogen and oxygen atoms in total. The second kappa shape index (κ2) is 5.04. The Morgan fingerprint density at radius 1 is 1.35 bits per heavy atom. The van der Waals surface area contributed by atoms with Crippen molar-refractivity contribution in [3.63, 3.8) is 0 Å². The van der Waals surface area contributed by atoms with Gasteiger partial charge in [0, 0.05) is 6.20 Å². The maximum absolute atomic E-state index is 5.98. The number of benzene rings is 1. The molecule has 0 fully saturated rings. The number of aromatic amines is 1. The van der Waals surface area contributed by atoms with Crippen LogP contribution in [0.5, 0.6) is 0 Å². The predicted octanol–water partition coefficient (Wildman–Crippen LogP) is 4.67. The minimum atomic E-state index is 0.117. The number of fused-ring (bicyclic) bond motifs is 1. The zero-order valence-electron chi connectivity index (χ0n) is 11.2. The molecular formula is C15H14ClN3S. The molecule has 0 saturated carbocycles. The number of pyridine rings is 1. The highest BCUT2D eigenvalue weighted by molar-refractivity contribution is 7.71. The van der Waals surface area contributed by atoms with E-state index in [0.717, 1.165) is 11.2 Å². The lowest BCUT2D eigenvalue weighted by Crippen LogP contribution is -2.09. The maximum atomic E-state index is 5.98. The Labute approximate surface area is 127 Å². The number of rotatable bonds is 2. The molecule has 102 valence electrons.